The van der Waals surface area contributed by atoms with E-state index in [2.05, 4.69) is 51.3 Å². The Morgan fingerprint density at radius 1 is 0.607 bits per heavy atom. The van der Waals surface area contributed by atoms with Gasteiger partial charge in [-0.15, -0.1) is 0 Å². The highest BCUT2D eigenvalue weighted by molar-refractivity contribution is 6.05. The fourth-order valence-corrected chi connectivity index (χ4v) is 4.72. The van der Waals surface area contributed by atoms with Gasteiger partial charge in [0.2, 0.25) is 11.8 Å². The number of carbonyl (C=O) groups is 4. The zero-order valence-corrected chi connectivity index (χ0v) is 32.1. The maximum Gasteiger partial charge on any atom is 0.267 e. The largest absolute Gasteiger partial charge is 0.381 e. The Hall–Kier alpha value is -8.12. The van der Waals surface area contributed by atoms with Crippen molar-refractivity contribution in [2.24, 2.45) is 10.2 Å². The molecular weight excluding hydrogens is 805 g/mol. The third-order valence-electron chi connectivity index (χ3n) is 7.46. The van der Waals surface area contributed by atoms with E-state index in [-0.39, 0.29) is 24.5 Å². The molecule has 0 bridgehead atoms. The van der Waals surface area contributed by atoms with Gasteiger partial charge in [-0.25, -0.2) is 0 Å². The molecule has 21 heteroatoms. The van der Waals surface area contributed by atoms with Gasteiger partial charge in [-0.1, -0.05) is 70.9 Å². The predicted octanol–water partition coefficient (Wildman–Crippen LogP) is 8.11. The van der Waals surface area contributed by atoms with Crippen molar-refractivity contribution >= 4 is 59.3 Å². The maximum absolute atomic E-state index is 13.1. The number of amides is 4. The number of benzene rings is 2. The van der Waals surface area contributed by atoms with E-state index in [4.69, 9.17) is 34.1 Å². The third-order valence-corrected chi connectivity index (χ3v) is 7.46. The number of ether oxygens (including phenoxy) is 1. The van der Waals surface area contributed by atoms with Crippen LogP contribution in [0.1, 0.15) is 35.1 Å². The number of hydrogen-bond acceptors (Lipinski definition) is 9. The molecule has 4 amide bonds. The van der Waals surface area contributed by atoms with Crippen LogP contribution in [0.25, 0.3) is 45.2 Å². The monoisotopic (exact) mass is 842 g/mol. The number of azide groups is 2. The third kappa shape index (κ3) is 20.2. The minimum atomic E-state index is -0.527. The van der Waals surface area contributed by atoms with Crippen LogP contribution in [0, 0.1) is 0 Å². The summed E-state index contributed by atoms with van der Waals surface area (Å²) in [6, 6.07) is 20.1. The first-order chi connectivity index (χ1) is 29.8. The normalized spacial score (nSPS) is 10.8. The van der Waals surface area contributed by atoms with Crippen molar-refractivity contribution in [3.05, 3.63) is 164 Å². The van der Waals surface area contributed by atoms with Crippen LogP contribution < -0.4 is 21.3 Å². The summed E-state index contributed by atoms with van der Waals surface area (Å²) in [5, 5.41) is 17.8. The number of nitrogens with one attached hydrogen (secondary N) is 4. The van der Waals surface area contributed by atoms with Gasteiger partial charge in [0.05, 0.1) is 0 Å². The second-order valence-corrected chi connectivity index (χ2v) is 11.7. The summed E-state index contributed by atoms with van der Waals surface area (Å²) in [6.07, 6.45) is 16.0. The van der Waals surface area contributed by atoms with Crippen molar-refractivity contribution in [2.75, 3.05) is 26.3 Å². The lowest BCUT2D eigenvalue weighted by molar-refractivity contribution is -0.121. The second-order valence-electron chi connectivity index (χ2n) is 11.7. The van der Waals surface area contributed by atoms with Crippen molar-refractivity contribution < 1.29 is 42.2 Å². The van der Waals surface area contributed by atoms with Crippen molar-refractivity contribution in [3.63, 3.8) is 0 Å². The van der Waals surface area contributed by atoms with Crippen LogP contribution in [0.5, 0.6) is 0 Å². The Balaban J connectivity index is 0.00000311. The molecule has 4 aromatic rings. The molecular formula is C40H38F4N12O5. The van der Waals surface area contributed by atoms with Gasteiger partial charge in [0.15, 0.2) is 0 Å². The lowest BCUT2D eigenvalue weighted by Crippen LogP contribution is -2.35. The van der Waals surface area contributed by atoms with E-state index in [0.29, 0.717) is 59.7 Å². The quantitative estimate of drug-likeness (QED) is 0.0170. The van der Waals surface area contributed by atoms with Crippen LogP contribution >= 0.6 is 0 Å². The van der Waals surface area contributed by atoms with Crippen molar-refractivity contribution in [2.45, 2.75) is 12.8 Å². The van der Waals surface area contributed by atoms with Crippen LogP contribution in [0.3, 0.4) is 0 Å². The van der Waals surface area contributed by atoms with Gasteiger partial charge in [-0.3, -0.25) is 29.1 Å². The standard InChI is InChI=1S/C40H38N12O5.2F2/c41-51-49-33-13-7-29(8-14-33)11-17-37(53)47-35(25-31-5-1-19-43-27-31)39(55)45-21-3-23-57-24-4-22-46-40(56)36(26-32-6-2-20-44-28-32)48-38(54)18-12-30-9-15-34(16-10-30)50-52-42;2*1-2/h1-2,5-20,25-28H,3-4,21-24H2,(H,45,55)(H,46,56)(H,47,53)(H,48,54);;/b17-11+,18-12+,35-25-,36-26-;;. The number of halogens is 4. The average molecular weight is 843 g/mol. The van der Waals surface area contributed by atoms with Gasteiger partial charge in [0.25, 0.3) is 11.8 Å². The zero-order valence-electron chi connectivity index (χ0n) is 32.1. The van der Waals surface area contributed by atoms with E-state index in [1.165, 1.54) is 24.3 Å². The summed E-state index contributed by atoms with van der Waals surface area (Å²) in [5.74, 6) is -2.05. The minimum Gasteiger partial charge on any atom is -0.381 e. The highest BCUT2D eigenvalue weighted by Crippen LogP contribution is 2.15. The number of pyridine rings is 2. The molecule has 0 atom stereocenters. The van der Waals surface area contributed by atoms with Gasteiger partial charge in [-0.05, 0) is 82.6 Å². The molecule has 2 aromatic carbocycles. The van der Waals surface area contributed by atoms with Gasteiger partial charge < -0.3 is 26.0 Å². The van der Waals surface area contributed by atoms with Crippen LogP contribution in [-0.2, 0) is 23.9 Å². The molecule has 0 fully saturated rings. The fraction of sp³-hybridized carbons (Fsp3) is 0.150. The minimum absolute atomic E-state index is 0.0235. The highest BCUT2D eigenvalue weighted by Gasteiger charge is 2.13. The first-order valence-electron chi connectivity index (χ1n) is 17.8. The van der Waals surface area contributed by atoms with Crippen molar-refractivity contribution in [1.82, 2.24) is 31.2 Å². The predicted molar refractivity (Wildman–Crippen MR) is 220 cm³/mol. The Morgan fingerprint density at radius 2 is 1.00 bits per heavy atom. The number of nitrogens with zero attached hydrogens (tertiary/aromatic N) is 8. The summed E-state index contributed by atoms with van der Waals surface area (Å²) in [6.45, 7) is 1.18. The molecule has 0 saturated carbocycles. The molecule has 0 unspecified atom stereocenters. The van der Waals surface area contributed by atoms with Crippen molar-refractivity contribution in [1.29, 1.82) is 0 Å². The van der Waals surface area contributed by atoms with E-state index in [9.17, 15) is 19.2 Å². The molecule has 61 heavy (non-hydrogen) atoms. The summed E-state index contributed by atoms with van der Waals surface area (Å²) in [7, 11) is 0. The summed E-state index contributed by atoms with van der Waals surface area (Å²) in [5.41, 5.74) is 20.7. The first kappa shape index (κ1) is 49.0. The highest BCUT2D eigenvalue weighted by atomic mass is 20.0. The lowest BCUT2D eigenvalue weighted by Gasteiger charge is -2.11. The van der Waals surface area contributed by atoms with E-state index in [1.54, 1.807) is 110 Å². The summed E-state index contributed by atoms with van der Waals surface area (Å²) in [4.78, 5) is 65.1. The Morgan fingerprint density at radius 3 is 1.34 bits per heavy atom. The van der Waals surface area contributed by atoms with Gasteiger partial charge in [-0.2, -0.15) is 0 Å². The molecule has 316 valence electrons. The molecule has 17 nitrogen and oxygen atoms in total. The SMILES string of the molecule is FF.FF.[N-]=[N+]=Nc1ccc(/C=C/C(=O)N/C(=C\c2cccnc2)C(=O)NCCCOCCCNC(=O)/C(=C/c2cccnc2)NC(=O)/C=C/c2ccc(N=[N+]=[N-])cc2)cc1. The summed E-state index contributed by atoms with van der Waals surface area (Å²) < 4.78 is 37.7. The van der Waals surface area contributed by atoms with Crippen LogP contribution in [0.4, 0.5) is 29.7 Å². The molecule has 4 rings (SSSR count). The molecule has 2 aromatic heterocycles. The maximum atomic E-state index is 13.1. The second kappa shape index (κ2) is 30.0. The molecule has 0 saturated heterocycles. The van der Waals surface area contributed by atoms with Gasteiger partial charge >= 0.3 is 0 Å². The molecule has 0 aliphatic heterocycles. The van der Waals surface area contributed by atoms with E-state index < -0.39 is 23.6 Å². The number of aromatic nitrogens is 2. The molecule has 0 radical (unpaired) electrons. The average Bonchev–Trinajstić information content (AvgIpc) is 3.29. The van der Waals surface area contributed by atoms with E-state index in [0.717, 1.165) is 0 Å². The Bertz CT molecular complexity index is 2060. The van der Waals surface area contributed by atoms with Crippen LogP contribution in [-0.4, -0.2) is 59.9 Å². The number of hydrogen-bond donors (Lipinski definition) is 4. The lowest BCUT2D eigenvalue weighted by atomic mass is 10.2. The summed E-state index contributed by atoms with van der Waals surface area (Å²) >= 11 is 0. The van der Waals surface area contributed by atoms with Crippen LogP contribution in [0.15, 0.2) is 131 Å². The smallest absolute Gasteiger partial charge is 0.267 e. The number of rotatable bonds is 20. The van der Waals surface area contributed by atoms with Crippen LogP contribution in [0.2, 0.25) is 0 Å². The Kier molecular flexibility index (Phi) is 24.1. The molecule has 0 aliphatic carbocycles. The zero-order chi connectivity index (χ0) is 44.5. The molecule has 0 aliphatic rings. The van der Waals surface area contributed by atoms with E-state index >= 15 is 0 Å². The Labute approximate surface area is 345 Å². The number of carbonyl (C=O) groups excluding carboxylic acids is 4. The van der Waals surface area contributed by atoms with Gasteiger partial charge in [0, 0.05) is 103 Å². The molecule has 0 spiro atoms. The first-order valence-corrected chi connectivity index (χ1v) is 17.8. The van der Waals surface area contributed by atoms with Crippen molar-refractivity contribution in [3.8, 4) is 0 Å². The molecule has 2 heterocycles. The fourth-order valence-electron chi connectivity index (χ4n) is 4.72. The van der Waals surface area contributed by atoms with E-state index in [1.807, 2.05) is 0 Å². The molecule has 4 N–H and O–H groups in total. The van der Waals surface area contributed by atoms with Gasteiger partial charge in [0.1, 0.15) is 11.4 Å². The topological polar surface area (TPSA) is 249 Å².